The van der Waals surface area contributed by atoms with Gasteiger partial charge in [-0.2, -0.15) is 0 Å². The lowest BCUT2D eigenvalue weighted by atomic mass is 9.31. The SMILES string of the molecule is C[C@@H]1CC[C@]2(C)CC[C@]3(C)[C@H](CC[C@@H]4[C@@]5(C)C(=O)CCC(C)(CO)[C@@H]5CC[C@]43C)[C@@H]2[C@]1(C)O. The van der Waals surface area contributed by atoms with E-state index in [0.717, 1.165) is 38.5 Å². The highest BCUT2D eigenvalue weighted by Crippen LogP contribution is 2.76. The van der Waals surface area contributed by atoms with Gasteiger partial charge in [0.1, 0.15) is 5.78 Å². The predicted octanol–water partition coefficient (Wildman–Crippen LogP) is 6.40. The lowest BCUT2D eigenvalue weighted by molar-refractivity contribution is -0.266. The van der Waals surface area contributed by atoms with Crippen LogP contribution in [0.2, 0.25) is 0 Å². The Morgan fingerprint density at radius 1 is 0.818 bits per heavy atom. The Morgan fingerprint density at radius 2 is 1.52 bits per heavy atom. The average Bonchev–Trinajstić information content (AvgIpc) is 2.75. The lowest BCUT2D eigenvalue weighted by Crippen LogP contribution is -2.70. The van der Waals surface area contributed by atoms with Crippen molar-refractivity contribution in [2.45, 2.75) is 118 Å². The van der Waals surface area contributed by atoms with E-state index in [4.69, 9.17) is 0 Å². The third-order valence-electron chi connectivity index (χ3n) is 13.9. The molecule has 0 aromatic carbocycles. The number of aliphatic hydroxyl groups is 2. The zero-order valence-corrected chi connectivity index (χ0v) is 22.5. The number of hydrogen-bond donors (Lipinski definition) is 2. The molecule has 188 valence electrons. The Bertz CT molecular complexity index is 830. The fourth-order valence-electron chi connectivity index (χ4n) is 11.4. The van der Waals surface area contributed by atoms with E-state index in [2.05, 4.69) is 48.5 Å². The molecule has 0 saturated heterocycles. The number of rotatable bonds is 1. The molecule has 0 bridgehead atoms. The molecular formula is C30H50O3. The van der Waals surface area contributed by atoms with Crippen molar-refractivity contribution in [3.05, 3.63) is 0 Å². The molecule has 0 heterocycles. The molecule has 5 aliphatic rings. The third-order valence-corrected chi connectivity index (χ3v) is 13.9. The van der Waals surface area contributed by atoms with Crippen LogP contribution >= 0.6 is 0 Å². The summed E-state index contributed by atoms with van der Waals surface area (Å²) in [4.78, 5) is 13.7. The molecule has 5 aliphatic carbocycles. The summed E-state index contributed by atoms with van der Waals surface area (Å²) in [6.45, 7) is 16.7. The molecule has 5 fully saturated rings. The maximum Gasteiger partial charge on any atom is 0.139 e. The molecule has 5 saturated carbocycles. The number of ketones is 1. The van der Waals surface area contributed by atoms with Crippen molar-refractivity contribution < 1.29 is 15.0 Å². The molecule has 33 heavy (non-hydrogen) atoms. The van der Waals surface area contributed by atoms with Gasteiger partial charge in [0, 0.05) is 18.4 Å². The zero-order chi connectivity index (χ0) is 24.2. The fourth-order valence-corrected chi connectivity index (χ4v) is 11.4. The highest BCUT2D eigenvalue weighted by Gasteiger charge is 2.72. The van der Waals surface area contributed by atoms with Crippen LogP contribution in [0, 0.1) is 56.7 Å². The van der Waals surface area contributed by atoms with E-state index in [-0.39, 0.29) is 33.7 Å². The second kappa shape index (κ2) is 7.09. The third kappa shape index (κ3) is 2.79. The largest absolute Gasteiger partial charge is 0.396 e. The highest BCUT2D eigenvalue weighted by atomic mass is 16.3. The minimum atomic E-state index is -0.611. The van der Waals surface area contributed by atoms with Crippen LogP contribution in [-0.2, 0) is 4.79 Å². The summed E-state index contributed by atoms with van der Waals surface area (Å²) < 4.78 is 0. The summed E-state index contributed by atoms with van der Waals surface area (Å²) in [5, 5.41) is 22.3. The van der Waals surface area contributed by atoms with Crippen LogP contribution in [0.15, 0.2) is 0 Å². The first kappa shape index (κ1) is 24.3. The highest BCUT2D eigenvalue weighted by molar-refractivity contribution is 5.86. The lowest BCUT2D eigenvalue weighted by Gasteiger charge is -2.73. The van der Waals surface area contributed by atoms with Gasteiger partial charge in [0.15, 0.2) is 0 Å². The van der Waals surface area contributed by atoms with Gasteiger partial charge in [0.05, 0.1) is 5.60 Å². The molecule has 3 nitrogen and oxygen atoms in total. The van der Waals surface area contributed by atoms with Crippen LogP contribution in [0.1, 0.15) is 113 Å². The van der Waals surface area contributed by atoms with Crippen LogP contribution < -0.4 is 0 Å². The maximum absolute atomic E-state index is 13.7. The van der Waals surface area contributed by atoms with E-state index >= 15 is 0 Å². The second-order valence-corrected chi connectivity index (χ2v) is 15.0. The normalized spacial score (nSPS) is 60.9. The molecule has 0 spiro atoms. The van der Waals surface area contributed by atoms with Gasteiger partial charge < -0.3 is 10.2 Å². The molecule has 0 amide bonds. The summed E-state index contributed by atoms with van der Waals surface area (Å²) >= 11 is 0. The minimum absolute atomic E-state index is 0.114. The van der Waals surface area contributed by atoms with E-state index in [1.165, 1.54) is 19.3 Å². The van der Waals surface area contributed by atoms with Crippen LogP contribution in [0.5, 0.6) is 0 Å². The zero-order valence-electron chi connectivity index (χ0n) is 22.5. The van der Waals surface area contributed by atoms with E-state index in [1.807, 2.05) is 0 Å². The molecule has 0 radical (unpaired) electrons. The number of carbonyl (C=O) groups excluding carboxylic acids is 1. The molecule has 0 aromatic rings. The molecule has 2 N–H and O–H groups in total. The van der Waals surface area contributed by atoms with Crippen molar-refractivity contribution in [1.82, 2.24) is 0 Å². The molecule has 0 aromatic heterocycles. The number of fused-ring (bicyclic) bond motifs is 7. The van der Waals surface area contributed by atoms with Crippen molar-refractivity contribution in [2.75, 3.05) is 6.61 Å². The fraction of sp³-hybridized carbons (Fsp3) is 0.967. The van der Waals surface area contributed by atoms with Gasteiger partial charge in [0.25, 0.3) is 0 Å². The van der Waals surface area contributed by atoms with Crippen LogP contribution in [0.3, 0.4) is 0 Å². The number of carbonyl (C=O) groups is 1. The van der Waals surface area contributed by atoms with Crippen molar-refractivity contribution in [3.8, 4) is 0 Å². The van der Waals surface area contributed by atoms with Crippen molar-refractivity contribution >= 4 is 5.78 Å². The quantitative estimate of drug-likeness (QED) is 0.478. The van der Waals surface area contributed by atoms with E-state index < -0.39 is 5.60 Å². The van der Waals surface area contributed by atoms with Crippen molar-refractivity contribution in [1.29, 1.82) is 0 Å². The molecule has 3 heteroatoms. The van der Waals surface area contributed by atoms with Crippen molar-refractivity contribution in [2.24, 2.45) is 56.7 Å². The first-order valence-electron chi connectivity index (χ1n) is 14.1. The summed E-state index contributed by atoms with van der Waals surface area (Å²) in [6.07, 6.45) is 10.8. The van der Waals surface area contributed by atoms with Gasteiger partial charge in [-0.15, -0.1) is 0 Å². The molecule has 5 rings (SSSR count). The van der Waals surface area contributed by atoms with Gasteiger partial charge in [-0.05, 0) is 116 Å². The van der Waals surface area contributed by atoms with Gasteiger partial charge in [-0.25, -0.2) is 0 Å². The standard InChI is InChI=1S/C30H50O3/c1-19-10-13-25(2)16-17-27(4)20(24(25)30(19,7)33)8-9-22-28(27,5)15-11-21-26(3,18-31)14-12-23(32)29(21,22)6/h19-22,24,31,33H,8-18H2,1-7H3/t19-,20-,21+,22+,24+,25-,26?,27-,28-,29+,30-/m1/s1. The number of aliphatic hydroxyl groups excluding tert-OH is 1. The Morgan fingerprint density at radius 3 is 2.18 bits per heavy atom. The van der Waals surface area contributed by atoms with Crippen molar-refractivity contribution in [3.63, 3.8) is 0 Å². The van der Waals surface area contributed by atoms with Gasteiger partial charge in [0.2, 0.25) is 0 Å². The summed E-state index contributed by atoms with van der Waals surface area (Å²) in [5.41, 5.74) is -0.555. The monoisotopic (exact) mass is 458 g/mol. The topological polar surface area (TPSA) is 57.5 Å². The molecular weight excluding hydrogens is 408 g/mol. The summed E-state index contributed by atoms with van der Waals surface area (Å²) in [7, 11) is 0. The number of Topliss-reactive ketones (excluding diaryl/α,β-unsaturated/α-hetero) is 1. The minimum Gasteiger partial charge on any atom is -0.396 e. The Hall–Kier alpha value is -0.410. The van der Waals surface area contributed by atoms with E-state index in [0.29, 0.717) is 41.8 Å². The average molecular weight is 459 g/mol. The Balaban J connectivity index is 1.58. The molecule has 0 aliphatic heterocycles. The first-order valence-corrected chi connectivity index (χ1v) is 14.1. The van der Waals surface area contributed by atoms with Crippen LogP contribution in [0.25, 0.3) is 0 Å². The summed E-state index contributed by atoms with van der Waals surface area (Å²) in [6, 6.07) is 0. The first-order chi connectivity index (χ1) is 15.2. The van der Waals surface area contributed by atoms with Gasteiger partial charge >= 0.3 is 0 Å². The van der Waals surface area contributed by atoms with E-state index in [9.17, 15) is 15.0 Å². The van der Waals surface area contributed by atoms with E-state index in [1.54, 1.807) is 0 Å². The second-order valence-electron chi connectivity index (χ2n) is 15.0. The van der Waals surface area contributed by atoms with Crippen LogP contribution in [0.4, 0.5) is 0 Å². The molecule has 1 unspecified atom stereocenters. The smallest absolute Gasteiger partial charge is 0.139 e. The van der Waals surface area contributed by atoms with Gasteiger partial charge in [-0.3, -0.25) is 4.79 Å². The maximum atomic E-state index is 13.7. The summed E-state index contributed by atoms with van der Waals surface area (Å²) in [5.74, 6) is 2.37. The number of hydrogen-bond acceptors (Lipinski definition) is 3. The predicted molar refractivity (Wildman–Crippen MR) is 133 cm³/mol. The van der Waals surface area contributed by atoms with Crippen LogP contribution in [-0.4, -0.2) is 28.2 Å². The Labute approximate surface area is 202 Å². The molecule has 11 atom stereocenters. The van der Waals surface area contributed by atoms with Gasteiger partial charge in [-0.1, -0.05) is 41.5 Å². The Kier molecular flexibility index (Phi) is 5.22.